The van der Waals surface area contributed by atoms with Gasteiger partial charge in [0.05, 0.1) is 5.69 Å². The largest absolute Gasteiger partial charge is 0.539 e. The highest BCUT2D eigenvalue weighted by atomic mass is 16.8. The van der Waals surface area contributed by atoms with Gasteiger partial charge in [-0.25, -0.2) is 9.59 Å². The Kier molecular flexibility index (Phi) is 5.98. The van der Waals surface area contributed by atoms with Gasteiger partial charge < -0.3 is 9.47 Å². The van der Waals surface area contributed by atoms with E-state index in [2.05, 4.69) is 4.98 Å². The molecule has 0 atom stereocenters. The molecule has 3 rings (SSSR count). The van der Waals surface area contributed by atoms with Crippen LogP contribution in [0.25, 0.3) is 0 Å². The number of pyridine rings is 1. The molecule has 7 heteroatoms. The van der Waals surface area contributed by atoms with Crippen molar-refractivity contribution in [1.29, 1.82) is 0 Å². The first-order chi connectivity index (χ1) is 13.2. The number of rotatable bonds is 4. The molecule has 7 nitrogen and oxygen atoms in total. The van der Waals surface area contributed by atoms with Crippen molar-refractivity contribution in [3.8, 4) is 11.5 Å². The van der Waals surface area contributed by atoms with Crippen LogP contribution < -0.4 is 9.47 Å². The van der Waals surface area contributed by atoms with Gasteiger partial charge in [-0.15, -0.1) is 5.06 Å². The standard InChI is InChI=1S/C20H16N2O5/c23-19(25-17-10-3-1-4-11-17)22(15-16-9-7-8-14-21-16)27-20(24)26-18-12-5-2-6-13-18/h1-14H,15H2. The number of nitrogens with zero attached hydrogens (tertiary/aromatic N) is 2. The van der Waals surface area contributed by atoms with Gasteiger partial charge in [0.25, 0.3) is 0 Å². The van der Waals surface area contributed by atoms with E-state index in [0.717, 1.165) is 5.06 Å². The molecule has 1 amide bonds. The van der Waals surface area contributed by atoms with Crippen LogP contribution >= 0.6 is 0 Å². The van der Waals surface area contributed by atoms with Crippen molar-refractivity contribution >= 4 is 12.2 Å². The topological polar surface area (TPSA) is 78.0 Å². The normalized spacial score (nSPS) is 9.93. The summed E-state index contributed by atoms with van der Waals surface area (Å²) in [6.45, 7) is -0.101. The zero-order valence-corrected chi connectivity index (χ0v) is 14.2. The molecule has 0 N–H and O–H groups in total. The van der Waals surface area contributed by atoms with E-state index < -0.39 is 12.2 Å². The number of carbonyl (C=O) groups is 2. The molecule has 0 aliphatic carbocycles. The lowest BCUT2D eigenvalue weighted by Gasteiger charge is -2.19. The Bertz CT molecular complexity index is 873. The summed E-state index contributed by atoms with van der Waals surface area (Å²) in [5.41, 5.74) is 0.509. The number of hydroxylamine groups is 2. The molecule has 0 spiro atoms. The van der Waals surface area contributed by atoms with Gasteiger partial charge in [0.15, 0.2) is 0 Å². The summed E-state index contributed by atoms with van der Waals surface area (Å²) in [7, 11) is 0. The Balaban J connectivity index is 1.70. The number of para-hydroxylation sites is 2. The Morgan fingerprint density at radius 3 is 1.96 bits per heavy atom. The summed E-state index contributed by atoms with van der Waals surface area (Å²) < 4.78 is 10.3. The van der Waals surface area contributed by atoms with Crippen LogP contribution in [0, 0.1) is 0 Å². The number of carbonyl (C=O) groups excluding carboxylic acids is 2. The molecule has 3 aromatic rings. The van der Waals surface area contributed by atoms with Crippen LogP contribution in [0.1, 0.15) is 5.69 Å². The maximum atomic E-state index is 12.4. The van der Waals surface area contributed by atoms with Crippen LogP contribution in [0.15, 0.2) is 85.1 Å². The van der Waals surface area contributed by atoms with Crippen molar-refractivity contribution in [2.45, 2.75) is 6.54 Å². The lowest BCUT2D eigenvalue weighted by Crippen LogP contribution is -2.36. The molecule has 0 bridgehead atoms. The van der Waals surface area contributed by atoms with Crippen molar-refractivity contribution in [2.75, 3.05) is 0 Å². The third kappa shape index (κ3) is 5.57. The SMILES string of the molecule is O=C(Oc1ccccc1)ON(Cc1ccccn1)C(=O)Oc1ccccc1. The van der Waals surface area contributed by atoms with E-state index in [9.17, 15) is 9.59 Å². The van der Waals surface area contributed by atoms with Crippen molar-refractivity contribution in [1.82, 2.24) is 10.0 Å². The van der Waals surface area contributed by atoms with Crippen molar-refractivity contribution in [3.05, 3.63) is 90.8 Å². The van der Waals surface area contributed by atoms with E-state index in [4.69, 9.17) is 14.3 Å². The highest BCUT2D eigenvalue weighted by Crippen LogP contribution is 2.14. The average molecular weight is 364 g/mol. The number of hydrogen-bond acceptors (Lipinski definition) is 6. The van der Waals surface area contributed by atoms with Crippen molar-refractivity contribution in [3.63, 3.8) is 0 Å². The Morgan fingerprint density at radius 2 is 1.37 bits per heavy atom. The zero-order valence-electron chi connectivity index (χ0n) is 14.2. The predicted molar refractivity (Wildman–Crippen MR) is 95.8 cm³/mol. The lowest BCUT2D eigenvalue weighted by atomic mass is 10.3. The second-order valence-electron chi connectivity index (χ2n) is 5.30. The molecule has 0 saturated heterocycles. The van der Waals surface area contributed by atoms with Gasteiger partial charge in [-0.3, -0.25) is 9.82 Å². The molecule has 0 unspecified atom stereocenters. The lowest BCUT2D eigenvalue weighted by molar-refractivity contribution is -0.0961. The fourth-order valence-electron chi connectivity index (χ4n) is 2.11. The number of aromatic nitrogens is 1. The summed E-state index contributed by atoms with van der Waals surface area (Å²) in [6, 6.07) is 22.0. The Hall–Kier alpha value is -3.87. The summed E-state index contributed by atoms with van der Waals surface area (Å²) in [5, 5.41) is 0.751. The van der Waals surface area contributed by atoms with Crippen LogP contribution in [0.2, 0.25) is 0 Å². The van der Waals surface area contributed by atoms with Gasteiger partial charge in [-0.05, 0) is 36.4 Å². The van der Waals surface area contributed by atoms with Crippen molar-refractivity contribution in [2.24, 2.45) is 0 Å². The average Bonchev–Trinajstić information content (AvgIpc) is 2.70. The predicted octanol–water partition coefficient (Wildman–Crippen LogP) is 4.21. The van der Waals surface area contributed by atoms with Gasteiger partial charge >= 0.3 is 12.2 Å². The molecular formula is C20H16N2O5. The fraction of sp³-hybridized carbons (Fsp3) is 0.0500. The number of ether oxygens (including phenoxy) is 2. The Labute approximate surface area is 155 Å². The van der Waals surface area contributed by atoms with Gasteiger partial charge in [-0.1, -0.05) is 42.5 Å². The van der Waals surface area contributed by atoms with Crippen LogP contribution in [0.5, 0.6) is 11.5 Å². The van der Waals surface area contributed by atoms with Gasteiger partial charge in [-0.2, -0.15) is 0 Å². The van der Waals surface area contributed by atoms with E-state index >= 15 is 0 Å². The van der Waals surface area contributed by atoms with Crippen molar-refractivity contribution < 1.29 is 23.9 Å². The minimum absolute atomic E-state index is 0.101. The van der Waals surface area contributed by atoms with E-state index in [1.165, 1.54) is 0 Å². The zero-order chi connectivity index (χ0) is 18.9. The second-order valence-corrected chi connectivity index (χ2v) is 5.30. The molecule has 27 heavy (non-hydrogen) atoms. The Morgan fingerprint density at radius 1 is 0.778 bits per heavy atom. The van der Waals surface area contributed by atoms with Gasteiger partial charge in [0, 0.05) is 6.20 Å². The highest BCUT2D eigenvalue weighted by molar-refractivity contribution is 5.72. The summed E-state index contributed by atoms with van der Waals surface area (Å²) >= 11 is 0. The molecule has 1 heterocycles. The number of amides is 1. The maximum absolute atomic E-state index is 12.4. The first-order valence-electron chi connectivity index (χ1n) is 8.10. The fourth-order valence-corrected chi connectivity index (χ4v) is 2.11. The summed E-state index contributed by atoms with van der Waals surface area (Å²) in [4.78, 5) is 33.7. The molecule has 0 radical (unpaired) electrons. The first kappa shape index (κ1) is 17.9. The first-order valence-corrected chi connectivity index (χ1v) is 8.10. The van der Waals surface area contributed by atoms with E-state index in [1.54, 1.807) is 85.1 Å². The minimum atomic E-state index is -1.07. The van der Waals surface area contributed by atoms with E-state index in [1.807, 2.05) is 0 Å². The van der Waals surface area contributed by atoms with E-state index in [-0.39, 0.29) is 12.3 Å². The van der Waals surface area contributed by atoms with Crippen LogP contribution in [0.3, 0.4) is 0 Å². The quantitative estimate of drug-likeness (QED) is 0.392. The van der Waals surface area contributed by atoms with Crippen LogP contribution in [-0.2, 0) is 11.4 Å². The molecule has 136 valence electrons. The highest BCUT2D eigenvalue weighted by Gasteiger charge is 2.23. The maximum Gasteiger partial charge on any atom is 0.539 e. The monoisotopic (exact) mass is 364 g/mol. The van der Waals surface area contributed by atoms with Gasteiger partial charge in [0.2, 0.25) is 0 Å². The molecule has 0 saturated carbocycles. The summed E-state index contributed by atoms with van der Waals surface area (Å²) in [6.07, 6.45) is -0.378. The molecule has 2 aromatic carbocycles. The molecular weight excluding hydrogens is 348 g/mol. The van der Waals surface area contributed by atoms with Gasteiger partial charge in [0.1, 0.15) is 18.0 Å². The van der Waals surface area contributed by atoms with Crippen LogP contribution in [0.4, 0.5) is 9.59 Å². The van der Waals surface area contributed by atoms with Crippen LogP contribution in [-0.4, -0.2) is 22.3 Å². The number of hydrogen-bond donors (Lipinski definition) is 0. The molecule has 0 aliphatic heterocycles. The third-order valence-corrected chi connectivity index (χ3v) is 3.31. The molecule has 1 aromatic heterocycles. The minimum Gasteiger partial charge on any atom is -0.408 e. The second kappa shape index (κ2) is 9.00. The van der Waals surface area contributed by atoms with E-state index in [0.29, 0.717) is 11.4 Å². The number of benzene rings is 2. The smallest absolute Gasteiger partial charge is 0.408 e. The molecule has 0 aliphatic rings. The molecule has 0 fully saturated rings. The third-order valence-electron chi connectivity index (χ3n) is 3.31. The summed E-state index contributed by atoms with van der Waals surface area (Å²) in [5.74, 6) is 0.602.